The molecule has 6 nitrogen and oxygen atoms in total. The molecule has 34 heavy (non-hydrogen) atoms. The molecule has 0 radical (unpaired) electrons. The van der Waals surface area contributed by atoms with Crippen LogP contribution in [0.2, 0.25) is 0 Å². The third kappa shape index (κ3) is 6.87. The first-order valence-electron chi connectivity index (χ1n) is 12.9. The Labute approximate surface area is 204 Å². The number of anilines is 1. The van der Waals surface area contributed by atoms with Crippen molar-refractivity contribution in [1.82, 2.24) is 15.1 Å². The molecule has 1 aromatic heterocycles. The van der Waals surface area contributed by atoms with Gasteiger partial charge < -0.3 is 15.0 Å². The number of nitrogens with one attached hydrogen (secondary N) is 1. The van der Waals surface area contributed by atoms with E-state index >= 15 is 0 Å². The number of ether oxygens (including phenoxy) is 1. The molecule has 6 heteroatoms. The van der Waals surface area contributed by atoms with Crippen LogP contribution in [0.4, 0.5) is 5.69 Å². The largest absolute Gasteiger partial charge is 0.372 e. The van der Waals surface area contributed by atoms with Crippen LogP contribution in [0.3, 0.4) is 0 Å². The second-order valence-electron chi connectivity index (χ2n) is 9.58. The highest BCUT2D eigenvalue weighted by Crippen LogP contribution is 2.28. The third-order valence-electron chi connectivity index (χ3n) is 7.05. The first-order valence-corrected chi connectivity index (χ1v) is 12.9. The first-order chi connectivity index (χ1) is 16.7. The number of carbonyl (C=O) groups is 1. The van der Waals surface area contributed by atoms with Gasteiger partial charge in [-0.2, -0.15) is 5.10 Å². The number of hydrogen-bond acceptors (Lipinski definition) is 4. The zero-order chi connectivity index (χ0) is 23.6. The fourth-order valence-electron chi connectivity index (χ4n) is 4.87. The van der Waals surface area contributed by atoms with Crippen LogP contribution in [0, 0.1) is 18.3 Å². The van der Waals surface area contributed by atoms with Crippen molar-refractivity contribution in [2.45, 2.75) is 70.4 Å². The quantitative estimate of drug-likeness (QED) is 0.391. The average Bonchev–Trinajstić information content (AvgIpc) is 3.39. The maximum absolute atomic E-state index is 12.1. The highest BCUT2D eigenvalue weighted by molar-refractivity contribution is 5.75. The fraction of sp³-hybridized carbons (Fsp3) is 0.571. The van der Waals surface area contributed by atoms with Crippen molar-refractivity contribution in [3.63, 3.8) is 0 Å². The summed E-state index contributed by atoms with van der Waals surface area (Å²) in [7, 11) is 0. The lowest BCUT2D eigenvalue weighted by Crippen LogP contribution is -2.38. The molecule has 2 saturated heterocycles. The number of hydrogen-bond donors (Lipinski definition) is 1. The number of carbonyl (C=O) groups excluding carboxylic acids is 1. The molecule has 1 N–H and O–H groups in total. The molecule has 0 aliphatic carbocycles. The van der Waals surface area contributed by atoms with Crippen LogP contribution in [0.1, 0.15) is 70.4 Å². The lowest BCUT2D eigenvalue weighted by Gasteiger charge is -2.33. The number of aromatic nitrogens is 2. The molecule has 2 aliphatic rings. The van der Waals surface area contributed by atoms with E-state index in [9.17, 15) is 4.79 Å². The highest BCUT2D eigenvalue weighted by atomic mass is 16.5. The summed E-state index contributed by atoms with van der Waals surface area (Å²) in [5, 5.41) is 7.67. The molecule has 1 atom stereocenters. The topological polar surface area (TPSA) is 59.4 Å². The summed E-state index contributed by atoms with van der Waals surface area (Å²) in [5.74, 6) is 3.39. The molecular weight excluding hydrogens is 424 g/mol. The van der Waals surface area contributed by atoms with Gasteiger partial charge in [0.15, 0.2) is 0 Å². The van der Waals surface area contributed by atoms with Gasteiger partial charge in [-0.3, -0.25) is 4.79 Å². The van der Waals surface area contributed by atoms with Crippen LogP contribution in [0.5, 0.6) is 0 Å². The Morgan fingerprint density at radius 1 is 1.09 bits per heavy atom. The Hall–Kier alpha value is -2.78. The van der Waals surface area contributed by atoms with Gasteiger partial charge in [-0.1, -0.05) is 18.6 Å². The molecule has 4 rings (SSSR count). The van der Waals surface area contributed by atoms with Gasteiger partial charge in [-0.05, 0) is 68.6 Å². The lowest BCUT2D eigenvalue weighted by molar-refractivity contribution is -0.121. The summed E-state index contributed by atoms with van der Waals surface area (Å²) in [6, 6.07) is 8.81. The van der Waals surface area contributed by atoms with E-state index < -0.39 is 0 Å². The molecule has 0 spiro atoms. The fourth-order valence-corrected chi connectivity index (χ4v) is 4.87. The van der Waals surface area contributed by atoms with Gasteiger partial charge in [0.1, 0.15) is 6.23 Å². The molecule has 0 saturated carbocycles. The van der Waals surface area contributed by atoms with Gasteiger partial charge in [-0.15, -0.1) is 12.3 Å². The van der Waals surface area contributed by atoms with E-state index in [2.05, 4.69) is 51.7 Å². The summed E-state index contributed by atoms with van der Waals surface area (Å²) in [5.41, 5.74) is 3.58. The Morgan fingerprint density at radius 3 is 2.65 bits per heavy atom. The van der Waals surface area contributed by atoms with E-state index in [-0.39, 0.29) is 12.1 Å². The summed E-state index contributed by atoms with van der Waals surface area (Å²) >= 11 is 0. The Balaban J connectivity index is 1.19. The SMILES string of the molecule is C#CCCCCCC(=O)NCC1CCN(c2ccc(-c3cnn(C4CCCCO4)c3)cc2)CC1. The predicted octanol–water partition coefficient (Wildman–Crippen LogP) is 5.17. The number of benzene rings is 1. The van der Waals surface area contributed by atoms with Crippen LogP contribution in [-0.2, 0) is 9.53 Å². The van der Waals surface area contributed by atoms with E-state index in [1.54, 1.807) is 0 Å². The molecule has 2 aromatic rings. The summed E-state index contributed by atoms with van der Waals surface area (Å²) in [6.45, 7) is 3.68. The molecule has 1 aromatic carbocycles. The molecule has 3 heterocycles. The number of piperidine rings is 1. The molecule has 182 valence electrons. The van der Waals surface area contributed by atoms with E-state index in [0.717, 1.165) is 83.2 Å². The van der Waals surface area contributed by atoms with E-state index in [0.29, 0.717) is 12.3 Å². The van der Waals surface area contributed by atoms with Crippen molar-refractivity contribution in [3.8, 4) is 23.5 Å². The standard InChI is InChI=1S/C28H38N4O2/c1-2-3-4-5-6-9-27(33)29-20-23-15-17-31(18-16-23)26-13-11-24(12-14-26)25-21-30-32(22-25)28-10-7-8-19-34-28/h1,11-14,21-23,28H,3-10,15-20H2,(H,29,33). The minimum atomic E-state index is 0.0757. The van der Waals surface area contributed by atoms with Crippen LogP contribution in [0.15, 0.2) is 36.7 Å². The zero-order valence-electron chi connectivity index (χ0n) is 20.3. The lowest BCUT2D eigenvalue weighted by atomic mass is 9.96. The van der Waals surface area contributed by atoms with Crippen LogP contribution < -0.4 is 10.2 Å². The van der Waals surface area contributed by atoms with Gasteiger partial charge in [-0.25, -0.2) is 4.68 Å². The Kier molecular flexibility index (Phi) is 9.04. The second-order valence-corrected chi connectivity index (χ2v) is 9.58. The van der Waals surface area contributed by atoms with Crippen molar-refractivity contribution >= 4 is 11.6 Å². The molecule has 2 fully saturated rings. The van der Waals surface area contributed by atoms with Gasteiger partial charge in [0, 0.05) is 56.5 Å². The van der Waals surface area contributed by atoms with Crippen molar-refractivity contribution in [3.05, 3.63) is 36.7 Å². The molecule has 0 bridgehead atoms. The average molecular weight is 463 g/mol. The van der Waals surface area contributed by atoms with E-state index in [1.165, 1.54) is 17.7 Å². The maximum Gasteiger partial charge on any atom is 0.220 e. The van der Waals surface area contributed by atoms with Crippen LogP contribution in [0.25, 0.3) is 11.1 Å². The number of rotatable bonds is 10. The van der Waals surface area contributed by atoms with Gasteiger partial charge in [0.05, 0.1) is 6.20 Å². The summed E-state index contributed by atoms with van der Waals surface area (Å²) in [6.07, 6.45) is 19.4. The first kappa shape index (κ1) is 24.3. The van der Waals surface area contributed by atoms with E-state index in [4.69, 9.17) is 11.2 Å². The second kappa shape index (κ2) is 12.6. The van der Waals surface area contributed by atoms with Crippen LogP contribution in [-0.4, -0.2) is 41.9 Å². The predicted molar refractivity (Wildman–Crippen MR) is 136 cm³/mol. The van der Waals surface area contributed by atoms with Crippen molar-refractivity contribution in [2.24, 2.45) is 5.92 Å². The van der Waals surface area contributed by atoms with Gasteiger partial charge in [0.25, 0.3) is 0 Å². The number of unbranched alkanes of at least 4 members (excludes halogenated alkanes) is 3. The number of nitrogens with zero attached hydrogens (tertiary/aromatic N) is 3. The minimum Gasteiger partial charge on any atom is -0.372 e. The monoisotopic (exact) mass is 462 g/mol. The smallest absolute Gasteiger partial charge is 0.220 e. The van der Waals surface area contributed by atoms with E-state index in [1.807, 2.05) is 10.9 Å². The number of terminal acetylenes is 1. The van der Waals surface area contributed by atoms with Crippen LogP contribution >= 0.6 is 0 Å². The Morgan fingerprint density at radius 2 is 1.91 bits per heavy atom. The Bertz CT molecular complexity index is 932. The third-order valence-corrected chi connectivity index (χ3v) is 7.05. The van der Waals surface area contributed by atoms with Crippen molar-refractivity contribution in [1.29, 1.82) is 0 Å². The van der Waals surface area contributed by atoms with Gasteiger partial charge in [0.2, 0.25) is 5.91 Å². The maximum atomic E-state index is 12.1. The highest BCUT2D eigenvalue weighted by Gasteiger charge is 2.20. The molecular formula is C28H38N4O2. The number of amides is 1. The van der Waals surface area contributed by atoms with Crippen molar-refractivity contribution in [2.75, 3.05) is 31.1 Å². The minimum absolute atomic E-state index is 0.0757. The molecule has 1 amide bonds. The van der Waals surface area contributed by atoms with Gasteiger partial charge >= 0.3 is 0 Å². The summed E-state index contributed by atoms with van der Waals surface area (Å²) in [4.78, 5) is 14.5. The van der Waals surface area contributed by atoms with Crippen molar-refractivity contribution < 1.29 is 9.53 Å². The summed E-state index contributed by atoms with van der Waals surface area (Å²) < 4.78 is 7.81. The molecule has 2 aliphatic heterocycles. The molecule has 1 unspecified atom stereocenters. The zero-order valence-corrected chi connectivity index (χ0v) is 20.3. The normalized spacial score (nSPS) is 19.0.